The van der Waals surface area contributed by atoms with Crippen molar-refractivity contribution in [3.05, 3.63) is 53.3 Å². The number of pyridine rings is 1. The van der Waals surface area contributed by atoms with Crippen molar-refractivity contribution in [2.75, 3.05) is 0 Å². The molecule has 0 spiro atoms. The van der Waals surface area contributed by atoms with Gasteiger partial charge in [-0.05, 0) is 36.6 Å². The Balaban J connectivity index is 0.00000220. The maximum atomic E-state index is 12.6. The van der Waals surface area contributed by atoms with Crippen LogP contribution in [0, 0.1) is 13.8 Å². The smallest absolute Gasteiger partial charge is 0.487 e. The zero-order chi connectivity index (χ0) is 14.8. The van der Waals surface area contributed by atoms with Gasteiger partial charge in [-0.3, -0.25) is 4.98 Å². The quantitative estimate of drug-likeness (QED) is 0.758. The fourth-order valence-electron chi connectivity index (χ4n) is 1.93. The van der Waals surface area contributed by atoms with E-state index in [0.29, 0.717) is 0 Å². The van der Waals surface area contributed by atoms with E-state index in [-0.39, 0.29) is 63.7 Å². The van der Waals surface area contributed by atoms with Crippen molar-refractivity contribution < 1.29 is 69.1 Å². The molecule has 0 atom stereocenters. The average Bonchev–Trinajstić information content (AvgIpc) is 2.37. The number of halogens is 3. The van der Waals surface area contributed by atoms with Gasteiger partial charge in [0.2, 0.25) is 0 Å². The van der Waals surface area contributed by atoms with Crippen LogP contribution in [-0.4, -0.2) is 12.0 Å². The van der Waals surface area contributed by atoms with Crippen LogP contribution in [0.25, 0.3) is 0 Å². The molecule has 2 rings (SSSR count). The van der Waals surface area contributed by atoms with Gasteiger partial charge in [0.05, 0.1) is 6.20 Å². The number of nitrogens with zero attached hydrogens (tertiary/aromatic N) is 1. The first-order valence-electron chi connectivity index (χ1n) is 6.20. The number of rotatable bonds is 4. The van der Waals surface area contributed by atoms with Crippen LogP contribution in [0.1, 0.15) is 16.7 Å². The maximum absolute atomic E-state index is 12.6. The van der Waals surface area contributed by atoms with Crippen LogP contribution in [0.15, 0.2) is 36.7 Å². The number of hydrogen-bond acceptors (Lipinski definition) is 2. The molecule has 0 fully saturated rings. The number of hydrogen-bond donors (Lipinski definition) is 0. The first-order valence-corrected chi connectivity index (χ1v) is 6.20. The molecule has 0 radical (unpaired) electrons. The Labute approximate surface area is 164 Å². The van der Waals surface area contributed by atoms with Crippen molar-refractivity contribution in [1.82, 2.24) is 4.98 Å². The zero-order valence-electron chi connectivity index (χ0n) is 12.2. The van der Waals surface area contributed by atoms with Gasteiger partial charge in [0.15, 0.2) is 0 Å². The Kier molecular flexibility index (Phi) is 6.93. The molecule has 106 valence electrons. The van der Waals surface area contributed by atoms with Crippen LogP contribution in [0.5, 0.6) is 5.75 Å². The van der Waals surface area contributed by atoms with Gasteiger partial charge in [0, 0.05) is 6.20 Å². The molecule has 2 nitrogen and oxygen atoms in total. The molecule has 0 N–H and O–H groups in total. The van der Waals surface area contributed by atoms with Gasteiger partial charge in [-0.2, -0.15) is 0 Å². The maximum Gasteiger partial charge on any atom is 1.00 e. The second-order valence-electron chi connectivity index (χ2n) is 4.69. The van der Waals surface area contributed by atoms with Gasteiger partial charge < -0.3 is 17.7 Å². The Hall–Kier alpha value is -0.339. The summed E-state index contributed by atoms with van der Waals surface area (Å²) >= 11 is 0. The fourth-order valence-corrected chi connectivity index (χ4v) is 1.93. The van der Waals surface area contributed by atoms with Crippen molar-refractivity contribution in [1.29, 1.82) is 0 Å². The van der Waals surface area contributed by atoms with E-state index in [0.717, 1.165) is 29.0 Å². The average molecular weight is 319 g/mol. The van der Waals surface area contributed by atoms with Crippen LogP contribution in [0.3, 0.4) is 0 Å². The summed E-state index contributed by atoms with van der Waals surface area (Å²) in [7, 11) is 0. The Morgan fingerprint density at radius 3 is 2.29 bits per heavy atom. The molecule has 1 heterocycles. The molecule has 21 heavy (non-hydrogen) atoms. The van der Waals surface area contributed by atoms with Crippen molar-refractivity contribution in [2.24, 2.45) is 0 Å². The van der Waals surface area contributed by atoms with Crippen molar-refractivity contribution >= 4 is 12.4 Å². The fraction of sp³-hybridized carbons (Fsp3) is 0.214. The molecule has 7 heteroatoms. The minimum atomic E-state index is -5.05. The second-order valence-corrected chi connectivity index (χ2v) is 4.69. The Bertz CT molecular complexity index is 599. The Morgan fingerprint density at radius 1 is 1.10 bits per heavy atom. The third-order valence-corrected chi connectivity index (χ3v) is 3.14. The van der Waals surface area contributed by atoms with Crippen LogP contribution in [-0.2, 0) is 6.61 Å². The summed E-state index contributed by atoms with van der Waals surface area (Å²) in [6.07, 6.45) is 2.10. The third kappa shape index (κ3) is 5.10. The number of ether oxygens (including phenoxy) is 1. The van der Waals surface area contributed by atoms with E-state index < -0.39 is 12.4 Å². The number of aromatic nitrogens is 1. The first kappa shape index (κ1) is 18.7. The van der Waals surface area contributed by atoms with Gasteiger partial charge in [-0.15, -0.1) is 0 Å². The summed E-state index contributed by atoms with van der Waals surface area (Å²) in [5, 5.41) is 0. The predicted octanol–water partition coefficient (Wildman–Crippen LogP) is 0.336. The second kappa shape index (κ2) is 7.78. The molecular formula is C14H14BF3KNO. The number of benzene rings is 1. The van der Waals surface area contributed by atoms with Crippen LogP contribution < -0.4 is 61.6 Å². The van der Waals surface area contributed by atoms with Crippen LogP contribution in [0.4, 0.5) is 12.9 Å². The van der Waals surface area contributed by atoms with E-state index in [2.05, 4.69) is 4.98 Å². The van der Waals surface area contributed by atoms with Crippen molar-refractivity contribution in [2.45, 2.75) is 20.5 Å². The van der Waals surface area contributed by atoms with Gasteiger partial charge >= 0.3 is 58.4 Å². The summed E-state index contributed by atoms with van der Waals surface area (Å²) < 4.78 is 43.3. The van der Waals surface area contributed by atoms with Crippen molar-refractivity contribution in [3.8, 4) is 5.75 Å². The standard InChI is InChI=1S/C14H14BF3NO.K/c1-10-4-3-5-11(2)14(10)9-20-13-6-12(7-19-8-13)15(16,17)18;/h3-8H,9H2,1-2H3;/q-1;+1. The third-order valence-electron chi connectivity index (χ3n) is 3.14. The van der Waals surface area contributed by atoms with Gasteiger partial charge in [0.25, 0.3) is 0 Å². The summed E-state index contributed by atoms with van der Waals surface area (Å²) in [5.74, 6) is 0.129. The summed E-state index contributed by atoms with van der Waals surface area (Å²) in [6, 6.07) is 6.81. The SMILES string of the molecule is Cc1cccc(C)c1COc1cncc([B-](F)(F)F)c1.[K+]. The molecule has 1 aromatic heterocycles. The molecule has 0 bridgehead atoms. The van der Waals surface area contributed by atoms with E-state index in [1.807, 2.05) is 32.0 Å². The first-order chi connectivity index (χ1) is 9.38. The Morgan fingerprint density at radius 2 is 1.71 bits per heavy atom. The summed E-state index contributed by atoms with van der Waals surface area (Å²) in [4.78, 5) is 3.58. The minimum Gasteiger partial charge on any atom is -0.487 e. The molecule has 0 aliphatic rings. The van der Waals surface area contributed by atoms with E-state index >= 15 is 0 Å². The van der Waals surface area contributed by atoms with E-state index in [9.17, 15) is 12.9 Å². The van der Waals surface area contributed by atoms with Gasteiger partial charge in [-0.1, -0.05) is 23.7 Å². The van der Waals surface area contributed by atoms with Crippen LogP contribution >= 0.6 is 0 Å². The van der Waals surface area contributed by atoms with E-state index in [4.69, 9.17) is 4.74 Å². The molecule has 0 aliphatic heterocycles. The molecule has 2 aromatic rings. The van der Waals surface area contributed by atoms with Gasteiger partial charge in [-0.25, -0.2) is 0 Å². The zero-order valence-corrected chi connectivity index (χ0v) is 15.4. The number of aryl methyl sites for hydroxylation is 2. The molecule has 0 amide bonds. The topological polar surface area (TPSA) is 22.1 Å². The molecule has 1 aromatic carbocycles. The van der Waals surface area contributed by atoms with Crippen LogP contribution in [0.2, 0.25) is 0 Å². The minimum absolute atomic E-state index is 0. The van der Waals surface area contributed by atoms with E-state index in [1.54, 1.807) is 0 Å². The normalized spacial score (nSPS) is 10.9. The van der Waals surface area contributed by atoms with Crippen molar-refractivity contribution in [3.63, 3.8) is 0 Å². The summed E-state index contributed by atoms with van der Waals surface area (Å²) in [6.45, 7) is -0.935. The summed E-state index contributed by atoms with van der Waals surface area (Å²) in [5.41, 5.74) is 2.34. The molecule has 0 saturated heterocycles. The largest absolute Gasteiger partial charge is 1.00 e. The van der Waals surface area contributed by atoms with E-state index in [1.165, 1.54) is 6.20 Å². The molecular weight excluding hydrogens is 305 g/mol. The van der Waals surface area contributed by atoms with Gasteiger partial charge in [0.1, 0.15) is 12.4 Å². The molecule has 0 unspecified atom stereocenters. The molecule has 0 aliphatic carbocycles. The predicted molar refractivity (Wildman–Crippen MR) is 73.2 cm³/mol. The molecule has 0 saturated carbocycles. The monoisotopic (exact) mass is 319 g/mol.